The molecule has 3 rings (SSSR count). The third-order valence-electron chi connectivity index (χ3n) is 2.64. The van der Waals surface area contributed by atoms with Gasteiger partial charge in [0.25, 0.3) is 0 Å². The van der Waals surface area contributed by atoms with Gasteiger partial charge < -0.3 is 5.73 Å². The van der Waals surface area contributed by atoms with E-state index in [1.54, 1.807) is 24.4 Å². The average Bonchev–Trinajstić information content (AvgIpc) is 2.96. The summed E-state index contributed by atoms with van der Waals surface area (Å²) in [5.41, 5.74) is 7.53. The van der Waals surface area contributed by atoms with Crippen molar-refractivity contribution in [2.75, 3.05) is 5.73 Å². The van der Waals surface area contributed by atoms with Crippen molar-refractivity contribution in [2.24, 2.45) is 0 Å². The molecule has 0 bridgehead atoms. The molecule has 2 N–H and O–H groups in total. The van der Waals surface area contributed by atoms with Crippen LogP contribution in [0.5, 0.6) is 0 Å². The summed E-state index contributed by atoms with van der Waals surface area (Å²) in [4.78, 5) is 0.944. The van der Waals surface area contributed by atoms with E-state index in [1.807, 2.05) is 11.4 Å². The first kappa shape index (κ1) is 12.4. The van der Waals surface area contributed by atoms with Crippen LogP contribution in [0.2, 0.25) is 0 Å². The van der Waals surface area contributed by atoms with Crippen molar-refractivity contribution in [1.82, 2.24) is 9.78 Å². The molecule has 19 heavy (non-hydrogen) atoms. The molecule has 0 radical (unpaired) electrons. The quantitative estimate of drug-likeness (QED) is 0.765. The van der Waals surface area contributed by atoms with Crippen LogP contribution in [-0.4, -0.2) is 9.78 Å². The fourth-order valence-corrected chi connectivity index (χ4v) is 3.21. The van der Waals surface area contributed by atoms with Crippen molar-refractivity contribution in [2.45, 2.75) is 0 Å². The lowest BCUT2D eigenvalue weighted by molar-refractivity contribution is 0.611. The predicted octanol–water partition coefficient (Wildman–Crippen LogP) is 4.08. The first-order chi connectivity index (χ1) is 9.15. The number of thiophene rings is 1. The Morgan fingerprint density at radius 2 is 2.11 bits per heavy atom. The first-order valence-corrected chi connectivity index (χ1v) is 7.17. The van der Waals surface area contributed by atoms with Gasteiger partial charge in [0.05, 0.1) is 16.8 Å². The molecule has 6 heteroatoms. The first-order valence-electron chi connectivity index (χ1n) is 5.49. The Balaban J connectivity index is 2.10. The molecule has 0 spiro atoms. The highest BCUT2D eigenvalue weighted by Crippen LogP contribution is 2.33. The second-order valence-corrected chi connectivity index (χ2v) is 5.79. The van der Waals surface area contributed by atoms with Crippen molar-refractivity contribution < 1.29 is 4.39 Å². The number of para-hydroxylation sites is 1. The van der Waals surface area contributed by atoms with E-state index in [-0.39, 0.29) is 5.82 Å². The smallest absolute Gasteiger partial charge is 0.148 e. The van der Waals surface area contributed by atoms with Crippen LogP contribution in [0.4, 0.5) is 10.1 Å². The molecule has 0 saturated heterocycles. The Hall–Kier alpha value is -1.66. The molecule has 0 unspecified atom stereocenters. The van der Waals surface area contributed by atoms with Crippen molar-refractivity contribution in [3.63, 3.8) is 0 Å². The molecule has 0 fully saturated rings. The van der Waals surface area contributed by atoms with E-state index in [0.29, 0.717) is 17.1 Å². The average molecular weight is 338 g/mol. The topological polar surface area (TPSA) is 43.8 Å². The number of anilines is 1. The van der Waals surface area contributed by atoms with Gasteiger partial charge in [-0.15, -0.1) is 11.3 Å². The monoisotopic (exact) mass is 337 g/mol. The summed E-state index contributed by atoms with van der Waals surface area (Å²) in [6.45, 7) is 0. The zero-order chi connectivity index (χ0) is 13.4. The van der Waals surface area contributed by atoms with Gasteiger partial charge in [-0.05, 0) is 34.1 Å². The van der Waals surface area contributed by atoms with Crippen LogP contribution in [0.15, 0.2) is 46.4 Å². The van der Waals surface area contributed by atoms with Gasteiger partial charge in [-0.1, -0.05) is 12.1 Å². The lowest BCUT2D eigenvalue weighted by atomic mass is 10.3. The molecule has 96 valence electrons. The fourth-order valence-electron chi connectivity index (χ4n) is 1.78. The molecule has 0 atom stereocenters. The maximum Gasteiger partial charge on any atom is 0.148 e. The van der Waals surface area contributed by atoms with E-state index in [4.69, 9.17) is 5.73 Å². The lowest BCUT2D eigenvalue weighted by Gasteiger charge is -2.01. The number of nitrogens with two attached hydrogens (primary N) is 1. The number of benzene rings is 1. The van der Waals surface area contributed by atoms with E-state index in [1.165, 1.54) is 22.1 Å². The molecular weight excluding hydrogens is 329 g/mol. The number of aromatic nitrogens is 2. The molecule has 2 aromatic heterocycles. The van der Waals surface area contributed by atoms with Gasteiger partial charge in [-0.2, -0.15) is 5.10 Å². The zero-order valence-corrected chi connectivity index (χ0v) is 12.1. The largest absolute Gasteiger partial charge is 0.396 e. The van der Waals surface area contributed by atoms with Gasteiger partial charge in [0.15, 0.2) is 0 Å². The summed E-state index contributed by atoms with van der Waals surface area (Å²) in [7, 11) is 0. The van der Waals surface area contributed by atoms with Gasteiger partial charge in [-0.25, -0.2) is 9.07 Å². The number of nitrogens with zero attached hydrogens (tertiary/aromatic N) is 2. The number of hydrogen-bond acceptors (Lipinski definition) is 3. The molecule has 0 saturated carbocycles. The van der Waals surface area contributed by atoms with E-state index >= 15 is 0 Å². The minimum absolute atomic E-state index is 0.330. The van der Waals surface area contributed by atoms with Crippen LogP contribution < -0.4 is 5.73 Å². The second-order valence-electron chi connectivity index (χ2n) is 3.96. The Kier molecular flexibility index (Phi) is 3.12. The minimum Gasteiger partial charge on any atom is -0.396 e. The number of halogens is 2. The number of hydrogen-bond donors (Lipinski definition) is 1. The highest BCUT2D eigenvalue weighted by Gasteiger charge is 2.13. The maximum atomic E-state index is 13.7. The van der Waals surface area contributed by atoms with Crippen molar-refractivity contribution in [3.05, 3.63) is 52.2 Å². The number of nitrogen functional groups attached to an aromatic ring is 1. The summed E-state index contributed by atoms with van der Waals surface area (Å²) in [6, 6.07) is 8.40. The molecule has 2 heterocycles. The molecule has 0 aliphatic heterocycles. The third-order valence-corrected chi connectivity index (χ3v) is 4.34. The summed E-state index contributed by atoms with van der Waals surface area (Å²) < 4.78 is 16.2. The molecule has 1 aromatic carbocycles. The van der Waals surface area contributed by atoms with Crippen molar-refractivity contribution in [1.29, 1.82) is 0 Å². The standard InChI is InChI=1S/C13H9BrFN3S/c14-8-5-12(19-7-8)13-10(16)6-18(17-13)11-4-2-1-3-9(11)15/h1-7H,16H2. The van der Waals surface area contributed by atoms with E-state index in [2.05, 4.69) is 21.0 Å². The van der Waals surface area contributed by atoms with Gasteiger partial charge in [0.1, 0.15) is 17.2 Å². The minimum atomic E-state index is -0.330. The Morgan fingerprint density at radius 1 is 1.32 bits per heavy atom. The predicted molar refractivity (Wildman–Crippen MR) is 78.9 cm³/mol. The van der Waals surface area contributed by atoms with Gasteiger partial charge in [-0.3, -0.25) is 0 Å². The van der Waals surface area contributed by atoms with E-state index in [0.717, 1.165) is 9.35 Å². The molecule has 3 nitrogen and oxygen atoms in total. The fraction of sp³-hybridized carbons (Fsp3) is 0. The van der Waals surface area contributed by atoms with Crippen LogP contribution in [-0.2, 0) is 0 Å². The van der Waals surface area contributed by atoms with Gasteiger partial charge >= 0.3 is 0 Å². The van der Waals surface area contributed by atoms with Gasteiger partial charge in [0.2, 0.25) is 0 Å². The Morgan fingerprint density at radius 3 is 2.79 bits per heavy atom. The summed E-state index contributed by atoms with van der Waals surface area (Å²) in [6.07, 6.45) is 1.63. The summed E-state index contributed by atoms with van der Waals surface area (Å²) in [5, 5.41) is 6.32. The Bertz CT molecular complexity index is 735. The molecule has 0 aliphatic rings. The lowest BCUT2D eigenvalue weighted by Crippen LogP contribution is -1.97. The molecule has 0 aliphatic carbocycles. The zero-order valence-electron chi connectivity index (χ0n) is 9.68. The van der Waals surface area contributed by atoms with Crippen molar-refractivity contribution >= 4 is 33.0 Å². The van der Waals surface area contributed by atoms with Crippen LogP contribution in [0.25, 0.3) is 16.3 Å². The molecular formula is C13H9BrFN3S. The number of rotatable bonds is 2. The van der Waals surface area contributed by atoms with Gasteiger partial charge in [0, 0.05) is 9.85 Å². The molecule has 3 aromatic rings. The third kappa shape index (κ3) is 2.29. The second kappa shape index (κ2) is 4.79. The van der Waals surface area contributed by atoms with E-state index < -0.39 is 0 Å². The Labute approximate surface area is 121 Å². The van der Waals surface area contributed by atoms with Crippen LogP contribution >= 0.6 is 27.3 Å². The summed E-state index contributed by atoms with van der Waals surface area (Å²) >= 11 is 4.93. The maximum absolute atomic E-state index is 13.7. The highest BCUT2D eigenvalue weighted by molar-refractivity contribution is 9.10. The van der Waals surface area contributed by atoms with Crippen LogP contribution in [0.1, 0.15) is 0 Å². The van der Waals surface area contributed by atoms with E-state index in [9.17, 15) is 4.39 Å². The highest BCUT2D eigenvalue weighted by atomic mass is 79.9. The van der Waals surface area contributed by atoms with Crippen LogP contribution in [0, 0.1) is 5.82 Å². The van der Waals surface area contributed by atoms with Crippen LogP contribution in [0.3, 0.4) is 0 Å². The molecule has 0 amide bonds. The normalized spacial score (nSPS) is 10.8. The SMILES string of the molecule is Nc1cn(-c2ccccc2F)nc1-c1cc(Br)cs1. The summed E-state index contributed by atoms with van der Waals surface area (Å²) in [5.74, 6) is -0.330. The van der Waals surface area contributed by atoms with Crippen molar-refractivity contribution in [3.8, 4) is 16.3 Å².